The van der Waals surface area contributed by atoms with Crippen molar-refractivity contribution in [1.82, 2.24) is 5.48 Å². The summed E-state index contributed by atoms with van der Waals surface area (Å²) >= 11 is 5.40. The molecule has 1 rings (SSSR count). The van der Waals surface area contributed by atoms with Crippen LogP contribution in [0.2, 0.25) is 0 Å². The molecule has 0 aromatic rings. The molecule has 0 aliphatic heterocycles. The van der Waals surface area contributed by atoms with Crippen LogP contribution in [0.5, 0.6) is 0 Å². The number of hydroxylamine groups is 1. The highest BCUT2D eigenvalue weighted by molar-refractivity contribution is 6.25. The fraction of sp³-hybridized carbons (Fsp3) is 0.600. The molecule has 0 unspecified atom stereocenters. The molecule has 1 aliphatic rings. The van der Waals surface area contributed by atoms with Gasteiger partial charge in [0.15, 0.2) is 11.6 Å². The summed E-state index contributed by atoms with van der Waals surface area (Å²) in [4.78, 5) is 29.6. The number of halogens is 1. The van der Waals surface area contributed by atoms with Crippen LogP contribution in [-0.4, -0.2) is 18.2 Å². The second-order valence-electron chi connectivity index (χ2n) is 5.74. The first-order valence-electron chi connectivity index (χ1n) is 6.84. The summed E-state index contributed by atoms with van der Waals surface area (Å²) in [6, 6.07) is 0. The number of Topliss-reactive ketones (excluding diaryl/α,β-unsaturated/α-hetero) is 2. The minimum atomic E-state index is -0.253. The number of hydrogen-bond acceptors (Lipinski definition) is 4. The zero-order valence-electron chi connectivity index (χ0n) is 12.3. The number of carbonyl (C=O) groups is 2. The Hall–Kier alpha value is -1.13. The van der Waals surface area contributed by atoms with E-state index >= 15 is 0 Å². The van der Waals surface area contributed by atoms with Crippen LogP contribution in [0.15, 0.2) is 22.9 Å². The lowest BCUT2D eigenvalue weighted by Crippen LogP contribution is -2.34. The smallest absolute Gasteiger partial charge is 0.168 e. The van der Waals surface area contributed by atoms with Crippen molar-refractivity contribution in [2.24, 2.45) is 5.41 Å². The fourth-order valence-corrected chi connectivity index (χ4v) is 2.36. The Kier molecular flexibility index (Phi) is 6.43. The molecule has 1 saturated carbocycles. The Morgan fingerprint density at radius 1 is 1.35 bits per heavy atom. The molecule has 1 N–H and O–H groups in total. The predicted molar refractivity (Wildman–Crippen MR) is 79.0 cm³/mol. The Bertz CT molecular complexity index is 416. The van der Waals surface area contributed by atoms with Crippen LogP contribution in [-0.2, 0) is 14.4 Å². The normalized spacial score (nSPS) is 18.7. The quantitative estimate of drug-likeness (QED) is 0.354. The van der Waals surface area contributed by atoms with Crippen LogP contribution in [0.4, 0.5) is 0 Å². The SMILES string of the molecule is CCCC(NOCC=CCl)=C1C(=O)CC(C)(C)CC1=O. The number of hydrogen-bond donors (Lipinski definition) is 1. The van der Waals surface area contributed by atoms with Gasteiger partial charge < -0.3 is 0 Å². The molecule has 0 aromatic heterocycles. The highest BCUT2D eigenvalue weighted by atomic mass is 35.5. The van der Waals surface area contributed by atoms with Gasteiger partial charge >= 0.3 is 0 Å². The molecule has 0 aromatic carbocycles. The number of nitrogens with one attached hydrogen (secondary N) is 1. The first kappa shape index (κ1) is 16.9. The molecule has 0 saturated heterocycles. The lowest BCUT2D eigenvalue weighted by Gasteiger charge is -2.29. The van der Waals surface area contributed by atoms with E-state index in [1.807, 2.05) is 20.8 Å². The van der Waals surface area contributed by atoms with Crippen molar-refractivity contribution in [3.8, 4) is 0 Å². The van der Waals surface area contributed by atoms with Gasteiger partial charge in [-0.05, 0) is 17.9 Å². The van der Waals surface area contributed by atoms with Crippen LogP contribution in [0.3, 0.4) is 0 Å². The van der Waals surface area contributed by atoms with Gasteiger partial charge in [0, 0.05) is 18.4 Å². The third kappa shape index (κ3) is 4.76. The molecule has 0 heterocycles. The maximum atomic E-state index is 12.2. The summed E-state index contributed by atoms with van der Waals surface area (Å²) in [5.74, 6) is -0.197. The highest BCUT2D eigenvalue weighted by Gasteiger charge is 2.37. The van der Waals surface area contributed by atoms with Crippen molar-refractivity contribution in [2.75, 3.05) is 6.61 Å². The molecular weight excluding hydrogens is 278 g/mol. The van der Waals surface area contributed by atoms with Crippen molar-refractivity contribution in [2.45, 2.75) is 46.5 Å². The summed E-state index contributed by atoms with van der Waals surface area (Å²) < 4.78 is 0. The second kappa shape index (κ2) is 7.60. The van der Waals surface area contributed by atoms with Gasteiger partial charge in [0.25, 0.3) is 0 Å². The maximum Gasteiger partial charge on any atom is 0.168 e. The number of ketones is 2. The Morgan fingerprint density at radius 2 is 1.95 bits per heavy atom. The van der Waals surface area contributed by atoms with E-state index in [4.69, 9.17) is 16.4 Å². The molecule has 5 heteroatoms. The zero-order chi connectivity index (χ0) is 15.2. The molecule has 1 fully saturated rings. The van der Waals surface area contributed by atoms with Gasteiger partial charge in [0.05, 0.1) is 17.9 Å². The van der Waals surface area contributed by atoms with Gasteiger partial charge in [0.2, 0.25) is 0 Å². The molecule has 4 nitrogen and oxygen atoms in total. The summed E-state index contributed by atoms with van der Waals surface area (Å²) in [6.45, 7) is 6.14. The summed E-state index contributed by atoms with van der Waals surface area (Å²) in [5.41, 5.74) is 4.71. The Morgan fingerprint density at radius 3 is 2.45 bits per heavy atom. The van der Waals surface area contributed by atoms with Crippen LogP contribution < -0.4 is 5.48 Å². The molecule has 1 aliphatic carbocycles. The molecule has 0 radical (unpaired) electrons. The van der Waals surface area contributed by atoms with Crippen LogP contribution in [0.25, 0.3) is 0 Å². The molecule has 112 valence electrons. The fourth-order valence-electron chi connectivity index (χ4n) is 2.29. The van der Waals surface area contributed by atoms with Crippen molar-refractivity contribution >= 4 is 23.2 Å². The van der Waals surface area contributed by atoms with Crippen LogP contribution in [0, 0.1) is 5.41 Å². The Balaban J connectivity index is 2.90. The number of allylic oxidation sites excluding steroid dienone is 2. The zero-order valence-corrected chi connectivity index (χ0v) is 13.0. The van der Waals surface area contributed by atoms with Crippen LogP contribution >= 0.6 is 11.6 Å². The van der Waals surface area contributed by atoms with E-state index in [0.717, 1.165) is 6.42 Å². The third-order valence-electron chi connectivity index (χ3n) is 3.10. The van der Waals surface area contributed by atoms with Crippen molar-refractivity contribution in [1.29, 1.82) is 0 Å². The number of carbonyl (C=O) groups excluding carboxylic acids is 2. The minimum Gasteiger partial charge on any atom is -0.294 e. The van der Waals surface area contributed by atoms with E-state index in [1.165, 1.54) is 5.54 Å². The maximum absolute atomic E-state index is 12.2. The summed E-state index contributed by atoms with van der Waals surface area (Å²) in [7, 11) is 0. The van der Waals surface area contributed by atoms with E-state index in [9.17, 15) is 9.59 Å². The van der Waals surface area contributed by atoms with Gasteiger partial charge in [-0.3, -0.25) is 19.9 Å². The van der Waals surface area contributed by atoms with Gasteiger partial charge in [-0.1, -0.05) is 38.8 Å². The largest absolute Gasteiger partial charge is 0.294 e. The number of rotatable bonds is 6. The van der Waals surface area contributed by atoms with E-state index in [2.05, 4.69) is 5.48 Å². The van der Waals surface area contributed by atoms with Crippen LogP contribution in [0.1, 0.15) is 46.5 Å². The topological polar surface area (TPSA) is 55.4 Å². The first-order chi connectivity index (χ1) is 9.41. The van der Waals surface area contributed by atoms with Crippen molar-refractivity contribution < 1.29 is 14.4 Å². The van der Waals surface area contributed by atoms with Gasteiger partial charge in [-0.15, -0.1) is 0 Å². The van der Waals surface area contributed by atoms with Gasteiger partial charge in [0.1, 0.15) is 0 Å². The summed E-state index contributed by atoms with van der Waals surface area (Å²) in [6.07, 6.45) is 3.84. The first-order valence-corrected chi connectivity index (χ1v) is 7.27. The lowest BCUT2D eigenvalue weighted by atomic mass is 9.73. The monoisotopic (exact) mass is 299 g/mol. The minimum absolute atomic E-state index is 0.0984. The van der Waals surface area contributed by atoms with Crippen molar-refractivity contribution in [3.05, 3.63) is 22.9 Å². The van der Waals surface area contributed by atoms with E-state index in [-0.39, 0.29) is 29.2 Å². The van der Waals surface area contributed by atoms with E-state index in [0.29, 0.717) is 25.0 Å². The molecule has 20 heavy (non-hydrogen) atoms. The Labute approximate surface area is 125 Å². The van der Waals surface area contributed by atoms with Gasteiger partial charge in [-0.2, -0.15) is 0 Å². The average molecular weight is 300 g/mol. The molecule has 0 bridgehead atoms. The molecule has 0 atom stereocenters. The second-order valence-corrected chi connectivity index (χ2v) is 5.99. The van der Waals surface area contributed by atoms with E-state index < -0.39 is 0 Å². The van der Waals surface area contributed by atoms with Crippen molar-refractivity contribution in [3.63, 3.8) is 0 Å². The highest BCUT2D eigenvalue weighted by Crippen LogP contribution is 2.34. The van der Waals surface area contributed by atoms with Gasteiger partial charge in [-0.25, -0.2) is 0 Å². The summed E-state index contributed by atoms with van der Waals surface area (Å²) in [5, 5.41) is 0. The third-order valence-corrected chi connectivity index (χ3v) is 3.28. The standard InChI is InChI=1S/C15H22ClNO3/c1-4-6-11(17-20-8-5-7-16)14-12(18)9-15(2,3)10-13(14)19/h5,7,17H,4,6,8-10H2,1-3H3. The van der Waals surface area contributed by atoms with E-state index in [1.54, 1.807) is 6.08 Å². The average Bonchev–Trinajstić information content (AvgIpc) is 2.32. The molecule has 0 spiro atoms. The predicted octanol–water partition coefficient (Wildman–Crippen LogP) is 3.27. The molecular formula is C15H22ClNO3. The molecule has 0 amide bonds. The lowest BCUT2D eigenvalue weighted by molar-refractivity contribution is -0.127.